The van der Waals surface area contributed by atoms with Crippen LogP contribution in [-0.4, -0.2) is 64.9 Å². The molecule has 1 saturated heterocycles. The maximum absolute atomic E-state index is 12.3. The van der Waals surface area contributed by atoms with Gasteiger partial charge in [-0.3, -0.25) is 9.79 Å². The van der Waals surface area contributed by atoms with E-state index in [4.69, 9.17) is 9.47 Å². The normalized spacial score (nSPS) is 15.4. The van der Waals surface area contributed by atoms with Crippen molar-refractivity contribution in [1.29, 1.82) is 0 Å². The van der Waals surface area contributed by atoms with Gasteiger partial charge in [0.05, 0.1) is 26.5 Å². The third kappa shape index (κ3) is 7.69. The minimum absolute atomic E-state index is 0. The molecule has 0 saturated carbocycles. The van der Waals surface area contributed by atoms with E-state index in [0.29, 0.717) is 18.7 Å². The monoisotopic (exact) mass is 567 g/mol. The zero-order valence-electron chi connectivity index (χ0n) is 19.5. The van der Waals surface area contributed by atoms with E-state index >= 15 is 0 Å². The van der Waals surface area contributed by atoms with E-state index in [1.807, 2.05) is 25.1 Å². The Morgan fingerprint density at radius 2 is 1.85 bits per heavy atom. The van der Waals surface area contributed by atoms with Crippen LogP contribution in [-0.2, 0) is 0 Å². The average molecular weight is 567 g/mol. The van der Waals surface area contributed by atoms with E-state index < -0.39 is 0 Å². The first kappa shape index (κ1) is 26.6. The molecule has 9 heteroatoms. The second-order valence-electron chi connectivity index (χ2n) is 7.49. The second kappa shape index (κ2) is 13.8. The number of para-hydroxylation sites is 2. The molecule has 180 valence electrons. The number of guanidine groups is 1. The summed E-state index contributed by atoms with van der Waals surface area (Å²) in [5.74, 6) is 2.26. The highest BCUT2D eigenvalue weighted by molar-refractivity contribution is 14.0. The largest absolute Gasteiger partial charge is 0.497 e. The van der Waals surface area contributed by atoms with Gasteiger partial charge in [-0.2, -0.15) is 0 Å². The van der Waals surface area contributed by atoms with E-state index in [9.17, 15) is 4.79 Å². The van der Waals surface area contributed by atoms with Gasteiger partial charge in [0.15, 0.2) is 5.96 Å². The number of nitrogens with one attached hydrogen (secondary N) is 3. The third-order valence-electron chi connectivity index (χ3n) is 5.32. The van der Waals surface area contributed by atoms with Crippen LogP contribution >= 0.6 is 24.0 Å². The van der Waals surface area contributed by atoms with Gasteiger partial charge >= 0.3 is 0 Å². The summed E-state index contributed by atoms with van der Waals surface area (Å²) in [4.78, 5) is 19.2. The van der Waals surface area contributed by atoms with Gasteiger partial charge in [0.1, 0.15) is 11.5 Å². The Morgan fingerprint density at radius 3 is 2.55 bits per heavy atom. The topological polar surface area (TPSA) is 87.2 Å². The summed E-state index contributed by atoms with van der Waals surface area (Å²) < 4.78 is 10.6. The van der Waals surface area contributed by atoms with Crippen molar-refractivity contribution in [2.75, 3.05) is 51.8 Å². The minimum atomic E-state index is -0.121. The molecule has 1 atom stereocenters. The van der Waals surface area contributed by atoms with Gasteiger partial charge in [-0.25, -0.2) is 0 Å². The van der Waals surface area contributed by atoms with Crippen molar-refractivity contribution in [3.8, 4) is 11.5 Å². The first-order chi connectivity index (χ1) is 15.6. The number of carbonyl (C=O) groups is 1. The first-order valence-electron chi connectivity index (χ1n) is 11.0. The van der Waals surface area contributed by atoms with Crippen LogP contribution in [0.3, 0.4) is 0 Å². The fourth-order valence-electron chi connectivity index (χ4n) is 3.68. The number of aliphatic imine (C=N–C) groups is 1. The highest BCUT2D eigenvalue weighted by Crippen LogP contribution is 2.30. The second-order valence-corrected chi connectivity index (χ2v) is 7.49. The van der Waals surface area contributed by atoms with Gasteiger partial charge in [0.25, 0.3) is 5.91 Å². The number of methoxy groups -OCH3 is 2. The van der Waals surface area contributed by atoms with E-state index in [1.54, 1.807) is 38.5 Å². The number of benzene rings is 2. The van der Waals surface area contributed by atoms with Gasteiger partial charge in [-0.15, -0.1) is 24.0 Å². The van der Waals surface area contributed by atoms with Crippen molar-refractivity contribution in [3.05, 3.63) is 54.1 Å². The zero-order valence-corrected chi connectivity index (χ0v) is 21.8. The molecule has 3 N–H and O–H groups in total. The predicted molar refractivity (Wildman–Crippen MR) is 143 cm³/mol. The summed E-state index contributed by atoms with van der Waals surface area (Å²) in [5.41, 5.74) is 1.71. The SMILES string of the molecule is CCNC(=NCCNC(=O)c1ccc(OC)cc1)NC1CCN(c2ccccc2OC)C1.I. The average Bonchev–Trinajstić information content (AvgIpc) is 3.30. The van der Waals surface area contributed by atoms with Crippen LogP contribution in [0.2, 0.25) is 0 Å². The molecule has 0 aromatic heterocycles. The molecule has 1 heterocycles. The fourth-order valence-corrected chi connectivity index (χ4v) is 3.68. The molecule has 1 aliphatic rings. The summed E-state index contributed by atoms with van der Waals surface area (Å²) in [6.07, 6.45) is 1.01. The Hall–Kier alpha value is -2.69. The lowest BCUT2D eigenvalue weighted by atomic mass is 10.2. The molecule has 0 radical (unpaired) electrons. The molecule has 0 spiro atoms. The number of carbonyl (C=O) groups excluding carboxylic acids is 1. The lowest BCUT2D eigenvalue weighted by molar-refractivity contribution is 0.0954. The van der Waals surface area contributed by atoms with Gasteiger partial charge in [-0.1, -0.05) is 12.1 Å². The van der Waals surface area contributed by atoms with Crippen LogP contribution in [0.25, 0.3) is 0 Å². The molecular weight excluding hydrogens is 533 g/mol. The molecular formula is C24H34IN5O3. The lowest BCUT2D eigenvalue weighted by Crippen LogP contribution is -2.45. The first-order valence-corrected chi connectivity index (χ1v) is 11.0. The summed E-state index contributed by atoms with van der Waals surface area (Å²) in [6, 6.07) is 15.4. The lowest BCUT2D eigenvalue weighted by Gasteiger charge is -2.22. The number of amides is 1. The molecule has 1 fully saturated rings. The number of ether oxygens (including phenoxy) is 2. The maximum Gasteiger partial charge on any atom is 0.251 e. The highest BCUT2D eigenvalue weighted by Gasteiger charge is 2.25. The fraction of sp³-hybridized carbons (Fsp3) is 0.417. The molecule has 0 aliphatic carbocycles. The Balaban J connectivity index is 0.00000385. The molecule has 1 aliphatic heterocycles. The van der Waals surface area contributed by atoms with E-state index in [0.717, 1.165) is 49.2 Å². The predicted octanol–water partition coefficient (Wildman–Crippen LogP) is 2.89. The minimum Gasteiger partial charge on any atom is -0.497 e. The van der Waals surface area contributed by atoms with Crippen LogP contribution in [0, 0.1) is 0 Å². The molecule has 2 aromatic rings. The maximum atomic E-state index is 12.3. The van der Waals surface area contributed by atoms with Crippen LogP contribution in [0.15, 0.2) is 53.5 Å². The number of anilines is 1. The highest BCUT2D eigenvalue weighted by atomic mass is 127. The number of rotatable bonds is 9. The quantitative estimate of drug-likeness (QED) is 0.187. The van der Waals surface area contributed by atoms with Crippen molar-refractivity contribution in [2.24, 2.45) is 4.99 Å². The standard InChI is InChI=1S/C24H33N5O3.HI/c1-4-25-24(27-15-14-26-23(30)18-9-11-20(31-2)12-10-18)28-19-13-16-29(17-19)21-7-5-6-8-22(21)32-3;/h5-12,19H,4,13-17H2,1-3H3,(H,26,30)(H2,25,27,28);1H. The molecule has 3 rings (SSSR count). The van der Waals surface area contributed by atoms with Gasteiger partial charge in [0, 0.05) is 37.8 Å². The summed E-state index contributed by atoms with van der Waals surface area (Å²) in [6.45, 7) is 5.58. The third-order valence-corrected chi connectivity index (χ3v) is 5.32. The van der Waals surface area contributed by atoms with Gasteiger partial charge in [0.2, 0.25) is 0 Å². The number of nitrogens with zero attached hydrogens (tertiary/aromatic N) is 2. The Kier molecular flexibility index (Phi) is 11.1. The number of hydrogen-bond donors (Lipinski definition) is 3. The summed E-state index contributed by atoms with van der Waals surface area (Å²) in [7, 11) is 3.30. The number of halogens is 1. The molecule has 1 amide bonds. The van der Waals surface area contributed by atoms with Gasteiger partial charge < -0.3 is 30.3 Å². The van der Waals surface area contributed by atoms with Crippen molar-refractivity contribution in [1.82, 2.24) is 16.0 Å². The van der Waals surface area contributed by atoms with Crippen LogP contribution in [0.4, 0.5) is 5.69 Å². The van der Waals surface area contributed by atoms with Crippen molar-refractivity contribution in [3.63, 3.8) is 0 Å². The van der Waals surface area contributed by atoms with E-state index in [1.165, 1.54) is 0 Å². The molecule has 33 heavy (non-hydrogen) atoms. The zero-order chi connectivity index (χ0) is 22.8. The van der Waals surface area contributed by atoms with Crippen molar-refractivity contribution in [2.45, 2.75) is 19.4 Å². The van der Waals surface area contributed by atoms with Crippen molar-refractivity contribution < 1.29 is 14.3 Å². The van der Waals surface area contributed by atoms with Crippen molar-refractivity contribution >= 4 is 41.5 Å². The van der Waals surface area contributed by atoms with Crippen LogP contribution < -0.4 is 30.3 Å². The Labute approximate surface area is 213 Å². The van der Waals surface area contributed by atoms with Gasteiger partial charge in [-0.05, 0) is 49.7 Å². The number of hydrogen-bond acceptors (Lipinski definition) is 5. The molecule has 0 bridgehead atoms. The molecule has 2 aromatic carbocycles. The Bertz CT molecular complexity index is 907. The molecule has 1 unspecified atom stereocenters. The smallest absolute Gasteiger partial charge is 0.251 e. The summed E-state index contributed by atoms with van der Waals surface area (Å²) >= 11 is 0. The van der Waals surface area contributed by atoms with Crippen LogP contribution in [0.1, 0.15) is 23.7 Å². The summed E-state index contributed by atoms with van der Waals surface area (Å²) in [5, 5.41) is 9.71. The van der Waals surface area contributed by atoms with E-state index in [2.05, 4.69) is 31.9 Å². The Morgan fingerprint density at radius 1 is 1.09 bits per heavy atom. The van der Waals surface area contributed by atoms with E-state index in [-0.39, 0.29) is 35.9 Å². The molecule has 8 nitrogen and oxygen atoms in total. The van der Waals surface area contributed by atoms with Crippen LogP contribution in [0.5, 0.6) is 11.5 Å².